The number of thioether (sulfide) groups is 1. The van der Waals surface area contributed by atoms with Crippen LogP contribution in [0.2, 0.25) is 10.0 Å². The van der Waals surface area contributed by atoms with E-state index in [2.05, 4.69) is 10.6 Å². The lowest BCUT2D eigenvalue weighted by molar-refractivity contribution is -0.705. The Morgan fingerprint density at radius 2 is 1.96 bits per heavy atom. The van der Waals surface area contributed by atoms with Gasteiger partial charge in [-0.2, -0.15) is 0 Å². The molecule has 0 spiro atoms. The lowest BCUT2D eigenvalue weighted by Gasteiger charge is -2.05. The average molecular weight is 410 g/mol. The third-order valence-corrected chi connectivity index (χ3v) is 5.10. The number of nitrogens with zero attached hydrogens (tertiary/aromatic N) is 2. The van der Waals surface area contributed by atoms with E-state index in [0.717, 1.165) is 0 Å². The van der Waals surface area contributed by atoms with Gasteiger partial charge in [-0.1, -0.05) is 53.2 Å². The Morgan fingerprint density at radius 3 is 2.69 bits per heavy atom. The number of amides is 1. The van der Waals surface area contributed by atoms with Crippen molar-refractivity contribution in [1.29, 1.82) is 0 Å². The van der Waals surface area contributed by atoms with Gasteiger partial charge in [0, 0.05) is 30.0 Å². The quantitative estimate of drug-likeness (QED) is 0.497. The van der Waals surface area contributed by atoms with Crippen LogP contribution in [0, 0.1) is 0 Å². The summed E-state index contributed by atoms with van der Waals surface area (Å²) in [4.78, 5) is 12.1. The highest BCUT2D eigenvalue weighted by Gasteiger charge is 2.21. The molecule has 1 N–H and O–H groups in total. The smallest absolute Gasteiger partial charge is 0.297 e. The van der Waals surface area contributed by atoms with Gasteiger partial charge in [0.25, 0.3) is 5.03 Å². The minimum absolute atomic E-state index is 0.199. The molecule has 0 atom stereocenters. The monoisotopic (exact) mass is 409 g/mol. The maximum atomic E-state index is 12.1. The molecule has 3 rings (SSSR count). The minimum atomic E-state index is -0.538. The first-order valence-electron chi connectivity index (χ1n) is 7.57. The highest BCUT2D eigenvalue weighted by molar-refractivity contribution is 7.99. The molecule has 9 heteroatoms. The summed E-state index contributed by atoms with van der Waals surface area (Å²) in [5.41, 5.74) is 1.27. The van der Waals surface area contributed by atoms with Gasteiger partial charge in [-0.25, -0.2) is 0 Å². The molecule has 2 aromatic carbocycles. The predicted octanol–water partition coefficient (Wildman–Crippen LogP) is 3.45. The SMILES string of the molecule is O=C(CCSc1c([O-])on[n+]1-c1ccccc1)Nc1ccc(Cl)c(Cl)c1. The van der Waals surface area contributed by atoms with Crippen LogP contribution in [0.3, 0.4) is 0 Å². The van der Waals surface area contributed by atoms with Gasteiger partial charge in [0.2, 0.25) is 11.6 Å². The molecule has 134 valence electrons. The van der Waals surface area contributed by atoms with Crippen molar-refractivity contribution in [3.63, 3.8) is 0 Å². The van der Waals surface area contributed by atoms with Gasteiger partial charge in [0.1, 0.15) is 0 Å². The number of rotatable bonds is 6. The first kappa shape index (κ1) is 18.6. The van der Waals surface area contributed by atoms with Crippen LogP contribution in [0.25, 0.3) is 5.69 Å². The number of hydrogen-bond acceptors (Lipinski definition) is 5. The van der Waals surface area contributed by atoms with Gasteiger partial charge < -0.3 is 14.9 Å². The summed E-state index contributed by atoms with van der Waals surface area (Å²) < 4.78 is 6.16. The third kappa shape index (κ3) is 4.49. The molecule has 0 aliphatic rings. The van der Waals surface area contributed by atoms with Crippen LogP contribution in [0.1, 0.15) is 6.42 Å². The molecule has 0 saturated carbocycles. The van der Waals surface area contributed by atoms with E-state index in [-0.39, 0.29) is 12.3 Å². The number of aromatic nitrogens is 2. The van der Waals surface area contributed by atoms with Crippen molar-refractivity contribution in [2.24, 2.45) is 0 Å². The van der Waals surface area contributed by atoms with Crippen LogP contribution in [0.4, 0.5) is 5.69 Å². The van der Waals surface area contributed by atoms with E-state index in [0.29, 0.717) is 32.2 Å². The van der Waals surface area contributed by atoms with Crippen molar-refractivity contribution in [1.82, 2.24) is 5.27 Å². The van der Waals surface area contributed by atoms with Crippen LogP contribution in [0.5, 0.6) is 5.95 Å². The van der Waals surface area contributed by atoms with E-state index < -0.39 is 5.95 Å². The summed E-state index contributed by atoms with van der Waals surface area (Å²) in [6, 6.07) is 14.0. The molecular formula is C17H13Cl2N3O3S. The highest BCUT2D eigenvalue weighted by atomic mass is 35.5. The van der Waals surface area contributed by atoms with E-state index in [1.807, 2.05) is 30.3 Å². The average Bonchev–Trinajstić information content (AvgIpc) is 3.00. The second kappa shape index (κ2) is 8.44. The van der Waals surface area contributed by atoms with Crippen molar-refractivity contribution in [2.45, 2.75) is 11.4 Å². The summed E-state index contributed by atoms with van der Waals surface area (Å²) >= 11 is 13.0. The molecule has 0 bridgehead atoms. The molecule has 0 aliphatic carbocycles. The molecule has 0 unspecified atom stereocenters. The zero-order valence-electron chi connectivity index (χ0n) is 13.3. The van der Waals surface area contributed by atoms with Crippen LogP contribution < -0.4 is 15.1 Å². The Morgan fingerprint density at radius 1 is 1.19 bits per heavy atom. The largest absolute Gasteiger partial charge is 0.538 e. The summed E-state index contributed by atoms with van der Waals surface area (Å²) in [6.45, 7) is 0. The highest BCUT2D eigenvalue weighted by Crippen LogP contribution is 2.26. The standard InChI is InChI=1S/C17H13Cl2N3O3S/c18-13-7-6-11(10-14(13)19)20-15(23)8-9-26-16-17(24)25-21-22(16)12-4-2-1-3-5-12/h1-7,10H,8-9H2,(H-,20,21,23,24). The molecule has 0 saturated heterocycles. The van der Waals surface area contributed by atoms with Gasteiger partial charge in [-0.05, 0) is 22.9 Å². The van der Waals surface area contributed by atoms with Crippen LogP contribution in [-0.4, -0.2) is 16.9 Å². The number of halogens is 2. The Kier molecular flexibility index (Phi) is 6.03. The molecule has 0 fully saturated rings. The molecule has 0 aliphatic heterocycles. The van der Waals surface area contributed by atoms with Crippen molar-refractivity contribution < 1.29 is 19.1 Å². The van der Waals surface area contributed by atoms with Gasteiger partial charge in [-0.15, -0.1) is 0 Å². The first-order valence-corrected chi connectivity index (χ1v) is 9.31. The number of para-hydroxylation sites is 1. The number of nitrogens with one attached hydrogen (secondary N) is 1. The van der Waals surface area contributed by atoms with Crippen molar-refractivity contribution in [3.8, 4) is 11.6 Å². The molecule has 6 nitrogen and oxygen atoms in total. The van der Waals surface area contributed by atoms with Crippen molar-refractivity contribution in [2.75, 3.05) is 11.1 Å². The van der Waals surface area contributed by atoms with Gasteiger partial charge in [0.15, 0.2) is 5.95 Å². The fraction of sp³-hybridized carbons (Fsp3) is 0.118. The number of carbonyl (C=O) groups is 1. The fourth-order valence-corrected chi connectivity index (χ4v) is 3.33. The predicted molar refractivity (Wildman–Crippen MR) is 97.9 cm³/mol. The van der Waals surface area contributed by atoms with Crippen LogP contribution in [-0.2, 0) is 4.79 Å². The summed E-state index contributed by atoms with van der Waals surface area (Å²) in [5.74, 6) is -0.356. The van der Waals surface area contributed by atoms with E-state index in [1.54, 1.807) is 18.2 Å². The Balaban J connectivity index is 1.59. The fourth-order valence-electron chi connectivity index (χ4n) is 2.13. The number of carbonyl (C=O) groups excluding carboxylic acids is 1. The number of hydrogen-bond donors (Lipinski definition) is 1. The molecule has 0 radical (unpaired) electrons. The zero-order valence-corrected chi connectivity index (χ0v) is 15.6. The van der Waals surface area contributed by atoms with Crippen molar-refractivity contribution in [3.05, 3.63) is 58.6 Å². The normalized spacial score (nSPS) is 10.7. The van der Waals surface area contributed by atoms with E-state index in [9.17, 15) is 9.90 Å². The molecular weight excluding hydrogens is 397 g/mol. The zero-order chi connectivity index (χ0) is 18.5. The Labute approximate surface area is 163 Å². The number of benzene rings is 2. The maximum Gasteiger partial charge on any atom is 0.297 e. The Bertz CT molecular complexity index is 919. The lowest BCUT2D eigenvalue weighted by Crippen LogP contribution is -2.34. The molecule has 1 heterocycles. The maximum absolute atomic E-state index is 12.1. The van der Waals surface area contributed by atoms with Crippen molar-refractivity contribution >= 4 is 46.6 Å². The van der Waals surface area contributed by atoms with Gasteiger partial charge in [-0.3, -0.25) is 4.79 Å². The summed E-state index contributed by atoms with van der Waals surface area (Å²) in [5, 5.41) is 19.4. The second-order valence-electron chi connectivity index (χ2n) is 5.19. The topological polar surface area (TPSA) is 82.1 Å². The third-order valence-electron chi connectivity index (χ3n) is 3.34. The first-order chi connectivity index (χ1) is 12.5. The summed E-state index contributed by atoms with van der Waals surface area (Å²) in [6.07, 6.45) is 0.199. The van der Waals surface area contributed by atoms with E-state index in [1.165, 1.54) is 16.4 Å². The second-order valence-corrected chi connectivity index (χ2v) is 7.09. The molecule has 26 heavy (non-hydrogen) atoms. The molecule has 1 amide bonds. The molecule has 3 aromatic rings. The van der Waals surface area contributed by atoms with Gasteiger partial charge in [0.05, 0.1) is 15.3 Å². The Hall–Kier alpha value is -2.22. The summed E-state index contributed by atoms with van der Waals surface area (Å²) in [7, 11) is 0. The van der Waals surface area contributed by atoms with E-state index in [4.69, 9.17) is 27.7 Å². The van der Waals surface area contributed by atoms with Crippen LogP contribution >= 0.6 is 35.0 Å². The van der Waals surface area contributed by atoms with Crippen LogP contribution in [0.15, 0.2) is 58.1 Å². The number of anilines is 1. The molecule has 1 aromatic heterocycles. The van der Waals surface area contributed by atoms with Gasteiger partial charge >= 0.3 is 0 Å². The lowest BCUT2D eigenvalue weighted by atomic mass is 10.3. The minimum Gasteiger partial charge on any atom is -0.538 e. The van der Waals surface area contributed by atoms with E-state index >= 15 is 0 Å².